The van der Waals surface area contributed by atoms with E-state index in [0.29, 0.717) is 19.3 Å². The highest BCUT2D eigenvalue weighted by molar-refractivity contribution is 9.10. The molecule has 22 heavy (non-hydrogen) atoms. The zero-order chi connectivity index (χ0) is 14.9. The van der Waals surface area contributed by atoms with Gasteiger partial charge in [0.1, 0.15) is 19.0 Å². The third kappa shape index (κ3) is 2.54. The number of benzene rings is 1. The van der Waals surface area contributed by atoms with Gasteiger partial charge in [0.2, 0.25) is 0 Å². The molecule has 1 aromatic heterocycles. The Morgan fingerprint density at radius 2 is 1.95 bits per heavy atom. The molecule has 4 rings (SSSR count). The van der Waals surface area contributed by atoms with Crippen LogP contribution in [0.3, 0.4) is 0 Å². The molecule has 1 atom stereocenters. The Morgan fingerprint density at radius 3 is 2.77 bits per heavy atom. The fourth-order valence-electron chi connectivity index (χ4n) is 3.19. The van der Waals surface area contributed by atoms with Crippen molar-refractivity contribution in [3.63, 3.8) is 0 Å². The van der Waals surface area contributed by atoms with E-state index in [4.69, 9.17) is 9.47 Å². The molecule has 0 bridgehead atoms. The maximum atomic E-state index is 5.72. The van der Waals surface area contributed by atoms with Gasteiger partial charge in [0.05, 0.1) is 6.04 Å². The second-order valence-corrected chi connectivity index (χ2v) is 6.50. The monoisotopic (exact) mass is 360 g/mol. The molecular weight excluding hydrogens is 344 g/mol. The third-order valence-corrected chi connectivity index (χ3v) is 4.68. The fourth-order valence-corrected chi connectivity index (χ4v) is 3.43. The first-order chi connectivity index (χ1) is 10.8. The number of nitrogens with zero attached hydrogens (tertiary/aromatic N) is 2. The summed E-state index contributed by atoms with van der Waals surface area (Å²) in [4.78, 5) is 6.92. The predicted molar refractivity (Wildman–Crippen MR) is 88.7 cm³/mol. The molecule has 4 nitrogen and oxygen atoms in total. The molecule has 1 aromatic carbocycles. The maximum Gasteiger partial charge on any atom is 0.161 e. The molecule has 3 heterocycles. The van der Waals surface area contributed by atoms with Gasteiger partial charge in [-0.1, -0.05) is 6.07 Å². The zero-order valence-corrected chi connectivity index (χ0v) is 13.8. The molecular formula is C17H17BrN2O2. The van der Waals surface area contributed by atoms with Gasteiger partial charge in [0.25, 0.3) is 0 Å². The quantitative estimate of drug-likeness (QED) is 0.811. The molecule has 5 heteroatoms. The summed E-state index contributed by atoms with van der Waals surface area (Å²) in [5.41, 5.74) is 1.27. The summed E-state index contributed by atoms with van der Waals surface area (Å²) in [7, 11) is 0. The molecule has 1 saturated heterocycles. The summed E-state index contributed by atoms with van der Waals surface area (Å²) in [6, 6.07) is 10.8. The maximum absolute atomic E-state index is 5.72. The Balaban J connectivity index is 1.64. The van der Waals surface area contributed by atoms with E-state index >= 15 is 0 Å². The predicted octanol–water partition coefficient (Wildman–Crippen LogP) is 3.96. The first-order valence-electron chi connectivity index (χ1n) is 7.59. The van der Waals surface area contributed by atoms with E-state index in [-0.39, 0.29) is 0 Å². The highest BCUT2D eigenvalue weighted by Crippen LogP contribution is 2.39. The van der Waals surface area contributed by atoms with Crippen LogP contribution in [0.5, 0.6) is 11.5 Å². The van der Waals surface area contributed by atoms with E-state index in [9.17, 15) is 0 Å². The molecule has 1 unspecified atom stereocenters. The van der Waals surface area contributed by atoms with Crippen molar-refractivity contribution in [2.24, 2.45) is 0 Å². The number of hydrogen-bond donors (Lipinski definition) is 0. The first-order valence-corrected chi connectivity index (χ1v) is 8.38. The summed E-state index contributed by atoms with van der Waals surface area (Å²) >= 11 is 3.44. The summed E-state index contributed by atoms with van der Waals surface area (Å²) < 4.78 is 12.3. The Hall–Kier alpha value is -1.75. The van der Waals surface area contributed by atoms with E-state index in [2.05, 4.69) is 44.0 Å². The van der Waals surface area contributed by atoms with Gasteiger partial charge >= 0.3 is 0 Å². The molecule has 0 amide bonds. The molecule has 0 radical (unpaired) electrons. The van der Waals surface area contributed by atoms with Gasteiger partial charge in [-0.15, -0.1) is 0 Å². The van der Waals surface area contributed by atoms with Crippen molar-refractivity contribution < 1.29 is 9.47 Å². The Kier molecular flexibility index (Phi) is 3.66. The van der Waals surface area contributed by atoms with Gasteiger partial charge in [0, 0.05) is 17.2 Å². The number of pyridine rings is 1. The summed E-state index contributed by atoms with van der Waals surface area (Å²) in [6.07, 6.45) is 4.17. The van der Waals surface area contributed by atoms with Crippen molar-refractivity contribution in [1.82, 2.24) is 4.98 Å². The number of anilines is 1. The van der Waals surface area contributed by atoms with Crippen LogP contribution in [0.15, 0.2) is 41.0 Å². The van der Waals surface area contributed by atoms with Crippen LogP contribution in [0.4, 0.5) is 5.82 Å². The van der Waals surface area contributed by atoms with Crippen LogP contribution in [-0.2, 0) is 0 Å². The number of halogens is 1. The van der Waals surface area contributed by atoms with Crippen molar-refractivity contribution in [3.8, 4) is 11.5 Å². The van der Waals surface area contributed by atoms with Gasteiger partial charge in [-0.3, -0.25) is 0 Å². The highest BCUT2D eigenvalue weighted by atomic mass is 79.9. The van der Waals surface area contributed by atoms with Crippen LogP contribution in [-0.4, -0.2) is 24.7 Å². The average molecular weight is 361 g/mol. The summed E-state index contributed by atoms with van der Waals surface area (Å²) in [5.74, 6) is 2.74. The lowest BCUT2D eigenvalue weighted by molar-refractivity contribution is 0.171. The lowest BCUT2D eigenvalue weighted by Crippen LogP contribution is -2.23. The van der Waals surface area contributed by atoms with Gasteiger partial charge in [-0.05, 0) is 58.6 Å². The van der Waals surface area contributed by atoms with Crippen LogP contribution in [0.1, 0.15) is 24.4 Å². The van der Waals surface area contributed by atoms with Gasteiger partial charge < -0.3 is 14.4 Å². The number of aromatic nitrogens is 1. The van der Waals surface area contributed by atoms with E-state index < -0.39 is 0 Å². The number of ether oxygens (including phenoxy) is 2. The smallest absolute Gasteiger partial charge is 0.161 e. The minimum Gasteiger partial charge on any atom is -0.486 e. The fraction of sp³-hybridized carbons (Fsp3) is 0.353. The van der Waals surface area contributed by atoms with Crippen LogP contribution in [0, 0.1) is 0 Å². The van der Waals surface area contributed by atoms with E-state index in [0.717, 1.165) is 34.8 Å². The molecule has 1 fully saturated rings. The van der Waals surface area contributed by atoms with Crippen molar-refractivity contribution in [2.45, 2.75) is 18.9 Å². The molecule has 0 spiro atoms. The van der Waals surface area contributed by atoms with Crippen LogP contribution in [0.2, 0.25) is 0 Å². The third-order valence-electron chi connectivity index (χ3n) is 4.21. The molecule has 2 aliphatic rings. The lowest BCUT2D eigenvalue weighted by Gasteiger charge is -2.27. The topological polar surface area (TPSA) is 34.6 Å². The van der Waals surface area contributed by atoms with Gasteiger partial charge in [0.15, 0.2) is 11.5 Å². The van der Waals surface area contributed by atoms with E-state index in [1.807, 2.05) is 18.3 Å². The standard InChI is InChI=1S/C17H17BrN2O2/c18-13-4-6-17(19-11-13)20-7-1-2-14(20)12-3-5-15-16(10-12)22-9-8-21-15/h3-6,10-11,14H,1-2,7-9H2. The zero-order valence-electron chi connectivity index (χ0n) is 12.2. The molecule has 0 saturated carbocycles. The van der Waals surface area contributed by atoms with Crippen LogP contribution >= 0.6 is 15.9 Å². The molecule has 0 N–H and O–H groups in total. The summed E-state index contributed by atoms with van der Waals surface area (Å²) in [6.45, 7) is 2.29. The van der Waals surface area contributed by atoms with Gasteiger partial charge in [-0.25, -0.2) is 4.98 Å². The Labute approximate surface area is 138 Å². The Bertz CT molecular complexity index is 675. The Morgan fingerprint density at radius 1 is 1.09 bits per heavy atom. The first kappa shape index (κ1) is 13.9. The normalized spacial score (nSPS) is 20.2. The van der Waals surface area contributed by atoms with E-state index in [1.165, 1.54) is 12.0 Å². The molecule has 2 aliphatic heterocycles. The second kappa shape index (κ2) is 5.80. The second-order valence-electron chi connectivity index (χ2n) is 5.59. The number of rotatable bonds is 2. The average Bonchev–Trinajstić information content (AvgIpc) is 3.05. The minimum atomic E-state index is 0.351. The van der Waals surface area contributed by atoms with Crippen LogP contribution in [0.25, 0.3) is 0 Å². The summed E-state index contributed by atoms with van der Waals surface area (Å²) in [5, 5.41) is 0. The van der Waals surface area contributed by atoms with Crippen molar-refractivity contribution in [2.75, 3.05) is 24.7 Å². The molecule has 2 aromatic rings. The van der Waals surface area contributed by atoms with Crippen molar-refractivity contribution in [3.05, 3.63) is 46.6 Å². The molecule has 0 aliphatic carbocycles. The van der Waals surface area contributed by atoms with Crippen molar-refractivity contribution in [1.29, 1.82) is 0 Å². The lowest BCUT2D eigenvalue weighted by atomic mass is 10.0. The molecule has 114 valence electrons. The minimum absolute atomic E-state index is 0.351. The van der Waals surface area contributed by atoms with Crippen molar-refractivity contribution >= 4 is 21.7 Å². The van der Waals surface area contributed by atoms with Gasteiger partial charge in [-0.2, -0.15) is 0 Å². The number of fused-ring (bicyclic) bond motifs is 1. The number of hydrogen-bond acceptors (Lipinski definition) is 4. The largest absolute Gasteiger partial charge is 0.486 e. The van der Waals surface area contributed by atoms with Crippen LogP contribution < -0.4 is 14.4 Å². The highest BCUT2D eigenvalue weighted by Gasteiger charge is 2.28. The SMILES string of the molecule is Brc1ccc(N2CCCC2c2ccc3c(c2)OCCO3)nc1. The van der Waals surface area contributed by atoms with E-state index in [1.54, 1.807) is 0 Å².